The molecule has 0 fully saturated rings. The molecular weight excluding hydrogens is 482 g/mol. The van der Waals surface area contributed by atoms with E-state index in [1.165, 1.54) is 5.56 Å². The Balaban J connectivity index is 1.54. The summed E-state index contributed by atoms with van der Waals surface area (Å²) in [7, 11) is 0. The number of para-hydroxylation sites is 1. The van der Waals surface area contributed by atoms with Gasteiger partial charge in [-0.1, -0.05) is 64.8 Å². The van der Waals surface area contributed by atoms with Crippen LogP contribution in [0.1, 0.15) is 73.2 Å². The van der Waals surface area contributed by atoms with Gasteiger partial charge in [-0.05, 0) is 78.1 Å². The molecule has 0 saturated carbocycles. The third-order valence-electron chi connectivity index (χ3n) is 5.78. The van der Waals surface area contributed by atoms with Crippen LogP contribution >= 0.6 is 12.2 Å². The van der Waals surface area contributed by atoms with E-state index in [2.05, 4.69) is 43.6 Å². The van der Waals surface area contributed by atoms with Crippen molar-refractivity contribution in [3.05, 3.63) is 89.5 Å². The highest BCUT2D eigenvalue weighted by atomic mass is 32.1. The second kappa shape index (κ2) is 13.0. The molecule has 7 heteroatoms. The Bertz CT molecular complexity index is 1220. The van der Waals surface area contributed by atoms with E-state index in [4.69, 9.17) is 17.0 Å². The first-order chi connectivity index (χ1) is 17.7. The summed E-state index contributed by atoms with van der Waals surface area (Å²) in [4.78, 5) is 25.4. The first-order valence-corrected chi connectivity index (χ1v) is 12.9. The summed E-state index contributed by atoms with van der Waals surface area (Å²) in [5.74, 6) is 0.0107. The number of benzene rings is 3. The van der Waals surface area contributed by atoms with Crippen LogP contribution in [0.3, 0.4) is 0 Å². The number of carbonyl (C=O) groups is 2. The van der Waals surface area contributed by atoms with Gasteiger partial charge >= 0.3 is 0 Å². The highest BCUT2D eigenvalue weighted by molar-refractivity contribution is 7.80. The molecule has 0 unspecified atom stereocenters. The number of nitrogens with one attached hydrogen (secondary N) is 3. The average molecular weight is 518 g/mol. The summed E-state index contributed by atoms with van der Waals surface area (Å²) < 4.78 is 5.80. The molecule has 0 bridgehead atoms. The molecule has 0 aliphatic heterocycles. The minimum atomic E-state index is -0.343. The Kier molecular flexibility index (Phi) is 9.80. The second-order valence-electron chi connectivity index (χ2n) is 9.82. The van der Waals surface area contributed by atoms with E-state index in [9.17, 15) is 9.59 Å². The number of hydrogen-bond acceptors (Lipinski definition) is 4. The van der Waals surface area contributed by atoms with Gasteiger partial charge in [0.25, 0.3) is 11.8 Å². The maximum absolute atomic E-state index is 12.8. The summed E-state index contributed by atoms with van der Waals surface area (Å²) in [5, 5.41) is 8.77. The normalized spacial score (nSPS) is 10.9. The lowest BCUT2D eigenvalue weighted by atomic mass is 9.87. The molecule has 0 atom stereocenters. The lowest BCUT2D eigenvalue weighted by molar-refractivity contribution is 0.0972. The molecule has 3 N–H and O–H groups in total. The summed E-state index contributed by atoms with van der Waals surface area (Å²) in [5.41, 5.74) is 3.56. The molecule has 2 amide bonds. The first kappa shape index (κ1) is 27.9. The van der Waals surface area contributed by atoms with Crippen LogP contribution in [-0.2, 0) is 5.41 Å². The zero-order valence-corrected chi connectivity index (χ0v) is 22.7. The van der Waals surface area contributed by atoms with Gasteiger partial charge in [-0.15, -0.1) is 0 Å². The van der Waals surface area contributed by atoms with Crippen LogP contribution in [0.25, 0.3) is 0 Å². The molecule has 3 aromatic rings. The van der Waals surface area contributed by atoms with Crippen molar-refractivity contribution in [3.63, 3.8) is 0 Å². The highest BCUT2D eigenvalue weighted by Gasteiger charge is 2.15. The molecule has 37 heavy (non-hydrogen) atoms. The fourth-order valence-corrected chi connectivity index (χ4v) is 3.82. The number of anilines is 2. The van der Waals surface area contributed by atoms with Gasteiger partial charge in [0.05, 0.1) is 12.2 Å². The molecular formula is C30H35N3O3S. The Hall–Kier alpha value is -3.71. The standard InChI is InChI=1S/C30H35N3O3S/c1-5-6-9-20-36-26-11-8-7-10-25(26)28(35)33-29(37)32-24-18-16-23(17-19-24)31-27(34)21-12-14-22(15-13-21)30(2,3)4/h7-8,10-19H,5-6,9,20H2,1-4H3,(H,31,34)(H2,32,33,35,37). The maximum atomic E-state index is 12.8. The smallest absolute Gasteiger partial charge is 0.261 e. The Labute approximate surface area is 224 Å². The summed E-state index contributed by atoms with van der Waals surface area (Å²) in [6, 6.07) is 21.8. The fourth-order valence-electron chi connectivity index (χ4n) is 3.61. The number of amides is 2. The minimum Gasteiger partial charge on any atom is -0.493 e. The molecule has 0 spiro atoms. The van der Waals surface area contributed by atoms with Crippen LogP contribution in [0, 0.1) is 0 Å². The molecule has 0 saturated heterocycles. The molecule has 0 aliphatic carbocycles. The predicted octanol–water partition coefficient (Wildman–Crippen LogP) is 6.93. The number of unbranched alkanes of at least 4 members (excludes halogenated alkanes) is 2. The van der Waals surface area contributed by atoms with E-state index < -0.39 is 0 Å². The molecule has 0 aromatic heterocycles. The topological polar surface area (TPSA) is 79.5 Å². The van der Waals surface area contributed by atoms with Crippen LogP contribution in [-0.4, -0.2) is 23.5 Å². The van der Waals surface area contributed by atoms with Crippen LogP contribution in [0.2, 0.25) is 0 Å². The van der Waals surface area contributed by atoms with Gasteiger partial charge in [-0.2, -0.15) is 0 Å². The second-order valence-corrected chi connectivity index (χ2v) is 10.2. The van der Waals surface area contributed by atoms with E-state index in [0.717, 1.165) is 19.3 Å². The summed E-state index contributed by atoms with van der Waals surface area (Å²) in [6.07, 6.45) is 3.12. The number of ether oxygens (including phenoxy) is 1. The number of carbonyl (C=O) groups excluding carboxylic acids is 2. The zero-order chi connectivity index (χ0) is 26.8. The van der Waals surface area contributed by atoms with E-state index in [0.29, 0.717) is 34.9 Å². The third kappa shape index (κ3) is 8.43. The molecule has 3 aromatic carbocycles. The van der Waals surface area contributed by atoms with Crippen molar-refractivity contribution in [1.82, 2.24) is 5.32 Å². The van der Waals surface area contributed by atoms with Crippen LogP contribution < -0.4 is 20.7 Å². The van der Waals surface area contributed by atoms with Gasteiger partial charge in [-0.25, -0.2) is 0 Å². The fraction of sp³-hybridized carbons (Fsp3) is 0.300. The maximum Gasteiger partial charge on any atom is 0.261 e. The number of hydrogen-bond donors (Lipinski definition) is 3. The first-order valence-electron chi connectivity index (χ1n) is 12.5. The summed E-state index contributed by atoms with van der Waals surface area (Å²) in [6.45, 7) is 9.10. The average Bonchev–Trinajstić information content (AvgIpc) is 2.87. The van der Waals surface area contributed by atoms with Gasteiger partial charge in [0, 0.05) is 16.9 Å². The molecule has 0 aliphatic rings. The van der Waals surface area contributed by atoms with E-state index in [-0.39, 0.29) is 22.3 Å². The van der Waals surface area contributed by atoms with E-state index >= 15 is 0 Å². The molecule has 3 rings (SSSR count). The zero-order valence-electron chi connectivity index (χ0n) is 21.9. The minimum absolute atomic E-state index is 0.0310. The molecule has 0 radical (unpaired) electrons. The van der Waals surface area contributed by atoms with Crippen molar-refractivity contribution >= 4 is 40.5 Å². The van der Waals surface area contributed by atoms with Crippen LogP contribution in [0.5, 0.6) is 5.75 Å². The Morgan fingerprint density at radius 2 is 1.43 bits per heavy atom. The lowest BCUT2D eigenvalue weighted by Crippen LogP contribution is -2.34. The Morgan fingerprint density at radius 1 is 0.811 bits per heavy atom. The van der Waals surface area contributed by atoms with Crippen molar-refractivity contribution in [2.45, 2.75) is 52.4 Å². The molecule has 194 valence electrons. The van der Waals surface area contributed by atoms with Gasteiger partial charge < -0.3 is 15.4 Å². The number of rotatable bonds is 9. The van der Waals surface area contributed by atoms with Crippen molar-refractivity contribution in [1.29, 1.82) is 0 Å². The van der Waals surface area contributed by atoms with Crippen molar-refractivity contribution in [3.8, 4) is 5.75 Å². The predicted molar refractivity (Wildman–Crippen MR) is 155 cm³/mol. The lowest BCUT2D eigenvalue weighted by Gasteiger charge is -2.19. The van der Waals surface area contributed by atoms with Gasteiger partial charge in [-0.3, -0.25) is 14.9 Å². The van der Waals surface area contributed by atoms with E-state index in [1.54, 1.807) is 42.5 Å². The Morgan fingerprint density at radius 3 is 2.05 bits per heavy atom. The summed E-state index contributed by atoms with van der Waals surface area (Å²) >= 11 is 5.33. The SMILES string of the molecule is CCCCCOc1ccccc1C(=O)NC(=S)Nc1ccc(NC(=O)c2ccc(C(C)(C)C)cc2)cc1. The van der Waals surface area contributed by atoms with Crippen molar-refractivity contribution in [2.24, 2.45) is 0 Å². The van der Waals surface area contributed by atoms with Crippen LogP contribution in [0.4, 0.5) is 11.4 Å². The van der Waals surface area contributed by atoms with Crippen molar-refractivity contribution in [2.75, 3.05) is 17.2 Å². The van der Waals surface area contributed by atoms with Gasteiger partial charge in [0.15, 0.2) is 5.11 Å². The molecule has 0 heterocycles. The monoisotopic (exact) mass is 517 g/mol. The van der Waals surface area contributed by atoms with Gasteiger partial charge in [0.1, 0.15) is 5.75 Å². The third-order valence-corrected chi connectivity index (χ3v) is 5.98. The van der Waals surface area contributed by atoms with Crippen molar-refractivity contribution < 1.29 is 14.3 Å². The highest BCUT2D eigenvalue weighted by Crippen LogP contribution is 2.23. The number of thiocarbonyl (C=S) groups is 1. The van der Waals surface area contributed by atoms with Crippen LogP contribution in [0.15, 0.2) is 72.8 Å². The van der Waals surface area contributed by atoms with Gasteiger partial charge in [0.2, 0.25) is 0 Å². The molecule has 6 nitrogen and oxygen atoms in total. The quantitative estimate of drug-likeness (QED) is 0.212. The largest absolute Gasteiger partial charge is 0.493 e. The van der Waals surface area contributed by atoms with E-state index in [1.807, 2.05) is 30.3 Å².